The molecule has 0 aliphatic heterocycles. The Kier molecular flexibility index (Phi) is 5.49. The standard InChI is InChI=1S/C15H19NO3S/c1-20-9-5-4-8-16-10-12-11-6-2-3-7-13(11)19-14(12)15(17)18/h2-3,6-7,16H,4-5,8-10H2,1H3,(H,17,18). The SMILES string of the molecule is CSCCCCNCc1c(C(=O)O)oc2ccccc12. The van der Waals surface area contributed by atoms with E-state index in [1.165, 1.54) is 6.42 Å². The summed E-state index contributed by atoms with van der Waals surface area (Å²) < 4.78 is 5.41. The average molecular weight is 293 g/mol. The number of rotatable bonds is 8. The molecule has 0 saturated carbocycles. The molecule has 0 saturated heterocycles. The van der Waals surface area contributed by atoms with E-state index >= 15 is 0 Å². The molecule has 1 aromatic carbocycles. The van der Waals surface area contributed by atoms with Crippen molar-refractivity contribution in [3.63, 3.8) is 0 Å². The fourth-order valence-electron chi connectivity index (χ4n) is 2.16. The van der Waals surface area contributed by atoms with Crippen LogP contribution >= 0.6 is 11.8 Å². The molecule has 1 aromatic heterocycles. The van der Waals surface area contributed by atoms with Crippen LogP contribution in [0.4, 0.5) is 0 Å². The molecule has 0 spiro atoms. The molecule has 2 rings (SSSR count). The predicted molar refractivity (Wildman–Crippen MR) is 82.5 cm³/mol. The third kappa shape index (κ3) is 3.55. The Hall–Kier alpha value is -1.46. The molecule has 0 fully saturated rings. The molecular formula is C15H19NO3S. The number of carboxylic acids is 1. The topological polar surface area (TPSA) is 62.5 Å². The number of nitrogens with one attached hydrogen (secondary N) is 1. The van der Waals surface area contributed by atoms with Crippen LogP contribution < -0.4 is 5.32 Å². The summed E-state index contributed by atoms with van der Waals surface area (Å²) in [6.07, 6.45) is 4.37. The lowest BCUT2D eigenvalue weighted by Crippen LogP contribution is -2.16. The van der Waals surface area contributed by atoms with E-state index in [0.717, 1.165) is 29.7 Å². The van der Waals surface area contributed by atoms with Crippen LogP contribution in [0.1, 0.15) is 29.0 Å². The van der Waals surface area contributed by atoms with Gasteiger partial charge in [0.25, 0.3) is 0 Å². The minimum atomic E-state index is -1.01. The molecule has 2 aromatic rings. The minimum absolute atomic E-state index is 0.0443. The third-order valence-corrected chi connectivity index (χ3v) is 3.84. The highest BCUT2D eigenvalue weighted by Crippen LogP contribution is 2.25. The largest absolute Gasteiger partial charge is 0.475 e. The summed E-state index contributed by atoms with van der Waals surface area (Å²) in [6.45, 7) is 1.41. The Labute approximate surface area is 122 Å². The molecule has 0 aliphatic carbocycles. The van der Waals surface area contributed by atoms with Crippen molar-refractivity contribution in [3.05, 3.63) is 35.6 Å². The lowest BCUT2D eigenvalue weighted by molar-refractivity contribution is 0.0663. The van der Waals surface area contributed by atoms with Gasteiger partial charge in [0.15, 0.2) is 0 Å². The molecule has 0 radical (unpaired) electrons. The van der Waals surface area contributed by atoms with E-state index in [4.69, 9.17) is 4.42 Å². The highest BCUT2D eigenvalue weighted by molar-refractivity contribution is 7.98. The van der Waals surface area contributed by atoms with Crippen LogP contribution in [0.3, 0.4) is 0 Å². The molecule has 0 amide bonds. The summed E-state index contributed by atoms with van der Waals surface area (Å²) in [5.74, 6) is 0.194. The van der Waals surface area contributed by atoms with Crippen LogP contribution in [0.15, 0.2) is 28.7 Å². The molecule has 5 heteroatoms. The van der Waals surface area contributed by atoms with Gasteiger partial charge in [-0.25, -0.2) is 4.79 Å². The monoisotopic (exact) mass is 293 g/mol. The van der Waals surface area contributed by atoms with Gasteiger partial charge in [0, 0.05) is 17.5 Å². The number of carbonyl (C=O) groups is 1. The lowest BCUT2D eigenvalue weighted by Gasteiger charge is -2.04. The molecule has 0 aliphatic rings. The van der Waals surface area contributed by atoms with Gasteiger partial charge in [-0.1, -0.05) is 18.2 Å². The van der Waals surface area contributed by atoms with E-state index < -0.39 is 5.97 Å². The van der Waals surface area contributed by atoms with E-state index in [0.29, 0.717) is 12.1 Å². The van der Waals surface area contributed by atoms with E-state index in [1.54, 1.807) is 6.07 Å². The smallest absolute Gasteiger partial charge is 0.372 e. The lowest BCUT2D eigenvalue weighted by atomic mass is 10.1. The number of hydrogen-bond acceptors (Lipinski definition) is 4. The number of thioether (sulfide) groups is 1. The van der Waals surface area contributed by atoms with Crippen molar-refractivity contribution in [2.75, 3.05) is 18.6 Å². The summed E-state index contributed by atoms with van der Waals surface area (Å²) in [6, 6.07) is 7.43. The number of furan rings is 1. The molecule has 1 heterocycles. The van der Waals surface area contributed by atoms with Crippen molar-refractivity contribution in [2.24, 2.45) is 0 Å². The maximum atomic E-state index is 11.2. The second-order valence-corrected chi connectivity index (χ2v) is 5.57. The Morgan fingerprint density at radius 2 is 2.15 bits per heavy atom. The first kappa shape index (κ1) is 14.9. The molecule has 0 atom stereocenters. The van der Waals surface area contributed by atoms with Crippen molar-refractivity contribution in [3.8, 4) is 0 Å². The fourth-order valence-corrected chi connectivity index (χ4v) is 2.65. The number of unbranched alkanes of at least 4 members (excludes halogenated alkanes) is 1. The second-order valence-electron chi connectivity index (χ2n) is 4.59. The fraction of sp³-hybridized carbons (Fsp3) is 0.400. The van der Waals surface area contributed by atoms with Crippen LogP contribution in [0.25, 0.3) is 11.0 Å². The van der Waals surface area contributed by atoms with Gasteiger partial charge >= 0.3 is 5.97 Å². The maximum Gasteiger partial charge on any atom is 0.372 e. The van der Waals surface area contributed by atoms with Gasteiger partial charge in [-0.3, -0.25) is 0 Å². The van der Waals surface area contributed by atoms with Gasteiger partial charge in [0.2, 0.25) is 5.76 Å². The third-order valence-electron chi connectivity index (χ3n) is 3.15. The van der Waals surface area contributed by atoms with Gasteiger partial charge in [-0.2, -0.15) is 11.8 Å². The van der Waals surface area contributed by atoms with Gasteiger partial charge in [-0.15, -0.1) is 0 Å². The van der Waals surface area contributed by atoms with Crippen LogP contribution in [-0.4, -0.2) is 29.6 Å². The number of carboxylic acid groups (broad SMARTS) is 1. The van der Waals surface area contributed by atoms with Gasteiger partial charge < -0.3 is 14.8 Å². The number of hydrogen-bond donors (Lipinski definition) is 2. The summed E-state index contributed by atoms with van der Waals surface area (Å²) in [5, 5.41) is 13.4. The molecule has 4 nitrogen and oxygen atoms in total. The minimum Gasteiger partial charge on any atom is -0.475 e. The van der Waals surface area contributed by atoms with Crippen molar-refractivity contribution in [1.82, 2.24) is 5.32 Å². The molecule has 0 unspecified atom stereocenters. The number of fused-ring (bicyclic) bond motifs is 1. The number of para-hydroxylation sites is 1. The second kappa shape index (κ2) is 7.36. The summed E-state index contributed by atoms with van der Waals surface area (Å²) in [4.78, 5) is 11.2. The highest BCUT2D eigenvalue weighted by atomic mass is 32.2. The zero-order valence-electron chi connectivity index (χ0n) is 11.5. The summed E-state index contributed by atoms with van der Waals surface area (Å²) in [7, 11) is 0. The molecular weight excluding hydrogens is 274 g/mol. The zero-order chi connectivity index (χ0) is 14.4. The van der Waals surface area contributed by atoms with Crippen LogP contribution in [-0.2, 0) is 6.54 Å². The van der Waals surface area contributed by atoms with Gasteiger partial charge in [0.1, 0.15) is 5.58 Å². The van der Waals surface area contributed by atoms with Crippen LogP contribution in [0, 0.1) is 0 Å². The molecule has 0 bridgehead atoms. The summed E-state index contributed by atoms with van der Waals surface area (Å²) >= 11 is 1.85. The van der Waals surface area contributed by atoms with Crippen molar-refractivity contribution in [2.45, 2.75) is 19.4 Å². The Morgan fingerprint density at radius 3 is 2.90 bits per heavy atom. The van der Waals surface area contributed by atoms with Crippen molar-refractivity contribution < 1.29 is 14.3 Å². The van der Waals surface area contributed by atoms with Crippen molar-refractivity contribution >= 4 is 28.7 Å². The highest BCUT2D eigenvalue weighted by Gasteiger charge is 2.18. The van der Waals surface area contributed by atoms with Gasteiger partial charge in [-0.05, 0) is 37.5 Å². The van der Waals surface area contributed by atoms with Crippen LogP contribution in [0.2, 0.25) is 0 Å². The van der Waals surface area contributed by atoms with Crippen molar-refractivity contribution in [1.29, 1.82) is 0 Å². The maximum absolute atomic E-state index is 11.2. The first-order valence-electron chi connectivity index (χ1n) is 6.67. The number of benzene rings is 1. The normalized spacial score (nSPS) is 11.1. The molecule has 2 N–H and O–H groups in total. The first-order valence-corrected chi connectivity index (χ1v) is 8.06. The Bertz CT molecular complexity index is 580. The molecule has 20 heavy (non-hydrogen) atoms. The first-order chi connectivity index (χ1) is 9.74. The predicted octanol–water partition coefficient (Wildman–Crippen LogP) is 3.36. The zero-order valence-corrected chi connectivity index (χ0v) is 12.3. The average Bonchev–Trinajstić information content (AvgIpc) is 2.82. The van der Waals surface area contributed by atoms with E-state index in [-0.39, 0.29) is 5.76 Å². The van der Waals surface area contributed by atoms with Crippen LogP contribution in [0.5, 0.6) is 0 Å². The van der Waals surface area contributed by atoms with E-state index in [9.17, 15) is 9.90 Å². The van der Waals surface area contributed by atoms with E-state index in [1.807, 2.05) is 30.0 Å². The molecule has 108 valence electrons. The van der Waals surface area contributed by atoms with E-state index in [2.05, 4.69) is 11.6 Å². The Balaban J connectivity index is 2.04. The quantitative estimate of drug-likeness (QED) is 0.731. The number of aromatic carboxylic acids is 1. The summed E-state index contributed by atoms with van der Waals surface area (Å²) in [5.41, 5.74) is 1.36. The van der Waals surface area contributed by atoms with Gasteiger partial charge in [0.05, 0.1) is 0 Å². The Morgan fingerprint density at radius 1 is 1.35 bits per heavy atom.